The van der Waals surface area contributed by atoms with E-state index in [1.807, 2.05) is 0 Å². The molecule has 0 amide bonds. The highest BCUT2D eigenvalue weighted by Crippen LogP contribution is 2.24. The van der Waals surface area contributed by atoms with Crippen LogP contribution in [0.4, 0.5) is 0 Å². The third-order valence-electron chi connectivity index (χ3n) is 4.01. The van der Waals surface area contributed by atoms with Crippen molar-refractivity contribution in [3.63, 3.8) is 0 Å². The van der Waals surface area contributed by atoms with Crippen molar-refractivity contribution < 1.29 is 0 Å². The van der Waals surface area contributed by atoms with Crippen LogP contribution in [0.5, 0.6) is 0 Å². The Bertz CT molecular complexity index is 352. The Labute approximate surface area is 105 Å². The summed E-state index contributed by atoms with van der Waals surface area (Å²) in [5, 5.41) is 0. The van der Waals surface area contributed by atoms with Gasteiger partial charge < -0.3 is 5.73 Å². The molecule has 0 saturated carbocycles. The fraction of sp³-hybridized carbons (Fsp3) is 0.600. The normalized spacial score (nSPS) is 20.4. The first kappa shape index (κ1) is 12.6. The Balaban J connectivity index is 2.10. The molecule has 1 aromatic carbocycles. The summed E-state index contributed by atoms with van der Waals surface area (Å²) in [6.45, 7) is 7.59. The second-order valence-corrected chi connectivity index (χ2v) is 5.56. The summed E-state index contributed by atoms with van der Waals surface area (Å²) in [7, 11) is 0. The molecule has 2 rings (SSSR count). The molecule has 1 heterocycles. The topological polar surface area (TPSA) is 29.3 Å². The maximum Gasteiger partial charge on any atom is 0.0343 e. The van der Waals surface area contributed by atoms with Gasteiger partial charge in [-0.3, -0.25) is 4.90 Å². The maximum absolute atomic E-state index is 6.02. The van der Waals surface area contributed by atoms with Crippen molar-refractivity contribution in [1.82, 2.24) is 4.90 Å². The molecule has 0 aromatic heterocycles. The van der Waals surface area contributed by atoms with E-state index >= 15 is 0 Å². The Hall–Kier alpha value is -0.860. The maximum atomic E-state index is 6.02. The number of rotatable bonds is 4. The standard InChI is InChI=1S/C15H24N2/c1-13-5-7-14(8-6-13)11-15(2,12-16)17-9-3-4-10-17/h5-8H,3-4,9-12,16H2,1-2H3. The highest BCUT2D eigenvalue weighted by Gasteiger charge is 2.32. The van der Waals surface area contributed by atoms with Gasteiger partial charge in [0.1, 0.15) is 0 Å². The van der Waals surface area contributed by atoms with Gasteiger partial charge in [0.25, 0.3) is 0 Å². The summed E-state index contributed by atoms with van der Waals surface area (Å²) in [5.41, 5.74) is 8.88. The second-order valence-electron chi connectivity index (χ2n) is 5.56. The van der Waals surface area contributed by atoms with E-state index in [0.717, 1.165) is 13.0 Å². The van der Waals surface area contributed by atoms with Gasteiger partial charge >= 0.3 is 0 Å². The van der Waals surface area contributed by atoms with E-state index in [0.29, 0.717) is 0 Å². The Kier molecular flexibility index (Phi) is 3.85. The van der Waals surface area contributed by atoms with Gasteiger partial charge in [-0.05, 0) is 51.8 Å². The Morgan fingerprint density at radius 3 is 2.29 bits per heavy atom. The number of hydrogen-bond donors (Lipinski definition) is 1. The van der Waals surface area contributed by atoms with E-state index in [9.17, 15) is 0 Å². The fourth-order valence-electron chi connectivity index (χ4n) is 2.72. The molecule has 94 valence electrons. The molecule has 0 spiro atoms. The number of likely N-dealkylation sites (tertiary alicyclic amines) is 1. The van der Waals surface area contributed by atoms with Crippen LogP contribution < -0.4 is 5.73 Å². The molecule has 17 heavy (non-hydrogen) atoms. The van der Waals surface area contributed by atoms with Crippen molar-refractivity contribution in [2.24, 2.45) is 5.73 Å². The van der Waals surface area contributed by atoms with Gasteiger partial charge in [-0.15, -0.1) is 0 Å². The predicted octanol–water partition coefficient (Wildman–Crippen LogP) is 2.35. The van der Waals surface area contributed by atoms with Crippen LogP contribution in [0.3, 0.4) is 0 Å². The molecule has 1 saturated heterocycles. The summed E-state index contributed by atoms with van der Waals surface area (Å²) in [6.07, 6.45) is 3.71. The Morgan fingerprint density at radius 2 is 1.76 bits per heavy atom. The smallest absolute Gasteiger partial charge is 0.0343 e. The first-order valence-corrected chi connectivity index (χ1v) is 6.65. The van der Waals surface area contributed by atoms with Crippen LogP contribution in [-0.4, -0.2) is 30.1 Å². The molecule has 1 aliphatic rings. The van der Waals surface area contributed by atoms with Crippen LogP contribution in [0.15, 0.2) is 24.3 Å². The van der Waals surface area contributed by atoms with E-state index in [1.54, 1.807) is 0 Å². The SMILES string of the molecule is Cc1ccc(CC(C)(CN)N2CCCC2)cc1. The van der Waals surface area contributed by atoms with E-state index in [1.165, 1.54) is 37.1 Å². The minimum absolute atomic E-state index is 0.131. The summed E-state index contributed by atoms with van der Waals surface area (Å²) >= 11 is 0. The van der Waals surface area contributed by atoms with Gasteiger partial charge in [0, 0.05) is 12.1 Å². The number of benzene rings is 1. The van der Waals surface area contributed by atoms with Crippen LogP contribution in [0.1, 0.15) is 30.9 Å². The molecular weight excluding hydrogens is 208 g/mol. The highest BCUT2D eigenvalue weighted by atomic mass is 15.2. The van der Waals surface area contributed by atoms with Crippen molar-refractivity contribution in [2.45, 2.75) is 38.6 Å². The molecule has 0 aliphatic carbocycles. The predicted molar refractivity (Wildman–Crippen MR) is 73.1 cm³/mol. The van der Waals surface area contributed by atoms with Crippen molar-refractivity contribution in [1.29, 1.82) is 0 Å². The summed E-state index contributed by atoms with van der Waals surface area (Å²) < 4.78 is 0. The molecule has 2 heteroatoms. The average Bonchev–Trinajstić information content (AvgIpc) is 2.86. The van der Waals surface area contributed by atoms with Crippen LogP contribution in [0.25, 0.3) is 0 Å². The number of nitrogens with two attached hydrogens (primary N) is 1. The molecule has 1 fully saturated rings. The van der Waals surface area contributed by atoms with E-state index in [4.69, 9.17) is 5.73 Å². The molecule has 2 nitrogen and oxygen atoms in total. The fourth-order valence-corrected chi connectivity index (χ4v) is 2.72. The molecule has 0 radical (unpaired) electrons. The summed E-state index contributed by atoms with van der Waals surface area (Å²) in [5.74, 6) is 0. The summed E-state index contributed by atoms with van der Waals surface area (Å²) in [4.78, 5) is 2.56. The van der Waals surface area contributed by atoms with E-state index < -0.39 is 0 Å². The van der Waals surface area contributed by atoms with Crippen LogP contribution >= 0.6 is 0 Å². The van der Waals surface area contributed by atoms with Crippen LogP contribution in [0, 0.1) is 6.92 Å². The zero-order chi connectivity index (χ0) is 12.3. The largest absolute Gasteiger partial charge is 0.329 e. The third-order valence-corrected chi connectivity index (χ3v) is 4.01. The van der Waals surface area contributed by atoms with Gasteiger partial charge in [0.05, 0.1) is 0 Å². The quantitative estimate of drug-likeness (QED) is 0.863. The first-order chi connectivity index (χ1) is 8.14. The lowest BCUT2D eigenvalue weighted by Gasteiger charge is -2.38. The average molecular weight is 232 g/mol. The molecule has 1 aliphatic heterocycles. The lowest BCUT2D eigenvalue weighted by atomic mass is 9.91. The summed E-state index contributed by atoms with van der Waals surface area (Å²) in [6, 6.07) is 8.85. The molecule has 0 bridgehead atoms. The third kappa shape index (κ3) is 2.88. The van der Waals surface area contributed by atoms with Gasteiger partial charge in [0.2, 0.25) is 0 Å². The number of nitrogens with zero attached hydrogens (tertiary/aromatic N) is 1. The van der Waals surface area contributed by atoms with Gasteiger partial charge in [-0.1, -0.05) is 29.8 Å². The van der Waals surface area contributed by atoms with E-state index in [2.05, 4.69) is 43.0 Å². The number of aryl methyl sites for hydroxylation is 1. The van der Waals surface area contributed by atoms with Gasteiger partial charge in [-0.25, -0.2) is 0 Å². The Morgan fingerprint density at radius 1 is 1.18 bits per heavy atom. The monoisotopic (exact) mass is 232 g/mol. The lowest BCUT2D eigenvalue weighted by molar-refractivity contribution is 0.143. The molecule has 1 atom stereocenters. The minimum atomic E-state index is 0.131. The van der Waals surface area contributed by atoms with Crippen LogP contribution in [-0.2, 0) is 6.42 Å². The van der Waals surface area contributed by atoms with E-state index in [-0.39, 0.29) is 5.54 Å². The first-order valence-electron chi connectivity index (χ1n) is 6.65. The molecule has 2 N–H and O–H groups in total. The minimum Gasteiger partial charge on any atom is -0.329 e. The van der Waals surface area contributed by atoms with Gasteiger partial charge in [0.15, 0.2) is 0 Å². The van der Waals surface area contributed by atoms with Crippen molar-refractivity contribution in [3.05, 3.63) is 35.4 Å². The second kappa shape index (κ2) is 5.19. The van der Waals surface area contributed by atoms with Crippen molar-refractivity contribution in [3.8, 4) is 0 Å². The molecular formula is C15H24N2. The zero-order valence-electron chi connectivity index (χ0n) is 11.1. The highest BCUT2D eigenvalue weighted by molar-refractivity contribution is 5.23. The van der Waals surface area contributed by atoms with Crippen molar-refractivity contribution in [2.75, 3.05) is 19.6 Å². The number of hydrogen-bond acceptors (Lipinski definition) is 2. The zero-order valence-corrected chi connectivity index (χ0v) is 11.1. The molecule has 1 aromatic rings. The van der Waals surface area contributed by atoms with Gasteiger partial charge in [-0.2, -0.15) is 0 Å². The van der Waals surface area contributed by atoms with Crippen LogP contribution in [0.2, 0.25) is 0 Å². The molecule has 1 unspecified atom stereocenters. The van der Waals surface area contributed by atoms with Crippen molar-refractivity contribution >= 4 is 0 Å². The lowest BCUT2D eigenvalue weighted by Crippen LogP contribution is -2.51.